The van der Waals surface area contributed by atoms with Gasteiger partial charge in [-0.2, -0.15) is 0 Å². The molecule has 0 heterocycles. The summed E-state index contributed by atoms with van der Waals surface area (Å²) in [6.07, 6.45) is 1.14. The van der Waals surface area contributed by atoms with E-state index in [1.165, 1.54) is 5.56 Å². The van der Waals surface area contributed by atoms with E-state index in [-0.39, 0.29) is 0 Å². The average molecular weight is 264 g/mol. The molecule has 108 valence electrons. The zero-order valence-electron chi connectivity index (χ0n) is 12.6. The number of rotatable bonds is 9. The number of hydrogen-bond donors (Lipinski definition) is 1. The zero-order chi connectivity index (χ0) is 14.1. The van der Waals surface area contributed by atoms with Gasteiger partial charge in [0.1, 0.15) is 0 Å². The maximum absolute atomic E-state index is 5.98. The Labute approximate surface area is 117 Å². The molecule has 0 amide bonds. The number of nitrogen functional groups attached to an aromatic ring is 1. The van der Waals surface area contributed by atoms with Crippen LogP contribution in [0.5, 0.6) is 0 Å². The van der Waals surface area contributed by atoms with Crippen LogP contribution in [-0.4, -0.2) is 31.2 Å². The third-order valence-corrected chi connectivity index (χ3v) is 3.29. The fourth-order valence-electron chi connectivity index (χ4n) is 1.88. The largest absolute Gasteiger partial charge is 0.398 e. The first-order chi connectivity index (χ1) is 9.13. The maximum Gasteiger partial charge on any atom is 0.0593 e. The van der Waals surface area contributed by atoms with Gasteiger partial charge >= 0.3 is 0 Å². The van der Waals surface area contributed by atoms with Gasteiger partial charge in [-0.15, -0.1) is 0 Å². The van der Waals surface area contributed by atoms with Gasteiger partial charge < -0.3 is 10.5 Å². The molecular formula is C16H28N2O. The molecule has 0 aliphatic heterocycles. The minimum atomic E-state index is 0.714. The van der Waals surface area contributed by atoms with Crippen molar-refractivity contribution in [1.29, 1.82) is 0 Å². The second-order valence-corrected chi connectivity index (χ2v) is 5.36. The number of nitrogens with zero attached hydrogens (tertiary/aromatic N) is 1. The van der Waals surface area contributed by atoms with Crippen LogP contribution in [0.3, 0.4) is 0 Å². The first-order valence-corrected chi connectivity index (χ1v) is 7.27. The predicted molar refractivity (Wildman–Crippen MR) is 82.1 cm³/mol. The van der Waals surface area contributed by atoms with Crippen molar-refractivity contribution in [2.45, 2.75) is 33.7 Å². The van der Waals surface area contributed by atoms with Crippen molar-refractivity contribution >= 4 is 5.69 Å². The minimum Gasteiger partial charge on any atom is -0.398 e. The van der Waals surface area contributed by atoms with Crippen LogP contribution < -0.4 is 5.73 Å². The molecule has 1 aromatic carbocycles. The zero-order valence-corrected chi connectivity index (χ0v) is 12.6. The van der Waals surface area contributed by atoms with Crippen LogP contribution >= 0.6 is 0 Å². The highest BCUT2D eigenvalue weighted by Gasteiger charge is 2.06. The second-order valence-electron chi connectivity index (χ2n) is 5.36. The highest BCUT2D eigenvalue weighted by Crippen LogP contribution is 2.13. The maximum atomic E-state index is 5.98. The molecule has 0 fully saturated rings. The van der Waals surface area contributed by atoms with E-state index in [1.54, 1.807) is 0 Å². The van der Waals surface area contributed by atoms with Crippen molar-refractivity contribution in [3.05, 3.63) is 29.8 Å². The SMILES string of the molecule is CCN(CCOCCC(C)C)Cc1ccccc1N. The van der Waals surface area contributed by atoms with Gasteiger partial charge in [0.25, 0.3) is 0 Å². The van der Waals surface area contributed by atoms with E-state index >= 15 is 0 Å². The molecule has 3 nitrogen and oxygen atoms in total. The highest BCUT2D eigenvalue weighted by molar-refractivity contribution is 5.46. The summed E-state index contributed by atoms with van der Waals surface area (Å²) in [4.78, 5) is 2.36. The van der Waals surface area contributed by atoms with Gasteiger partial charge in [0.2, 0.25) is 0 Å². The lowest BCUT2D eigenvalue weighted by Gasteiger charge is -2.21. The average Bonchev–Trinajstić information content (AvgIpc) is 2.39. The van der Waals surface area contributed by atoms with Crippen molar-refractivity contribution in [1.82, 2.24) is 4.90 Å². The second kappa shape index (κ2) is 8.94. The third kappa shape index (κ3) is 6.60. The first-order valence-electron chi connectivity index (χ1n) is 7.27. The molecule has 0 bridgehead atoms. The lowest BCUT2D eigenvalue weighted by Crippen LogP contribution is -2.27. The van der Waals surface area contributed by atoms with Gasteiger partial charge in [-0.3, -0.25) is 4.90 Å². The van der Waals surface area contributed by atoms with Crippen LogP contribution in [-0.2, 0) is 11.3 Å². The number of ether oxygens (including phenoxy) is 1. The summed E-state index contributed by atoms with van der Waals surface area (Å²) in [7, 11) is 0. The van der Waals surface area contributed by atoms with E-state index < -0.39 is 0 Å². The standard InChI is InChI=1S/C16H28N2O/c1-4-18(10-12-19-11-9-14(2)3)13-15-7-5-6-8-16(15)17/h5-8,14H,4,9-13,17H2,1-3H3. The molecule has 1 rings (SSSR count). The van der Waals surface area contributed by atoms with Crippen LogP contribution in [0.4, 0.5) is 5.69 Å². The molecule has 0 spiro atoms. The van der Waals surface area contributed by atoms with E-state index in [1.807, 2.05) is 18.2 Å². The molecule has 19 heavy (non-hydrogen) atoms. The molecule has 2 N–H and O–H groups in total. The van der Waals surface area contributed by atoms with Gasteiger partial charge in [-0.1, -0.05) is 39.0 Å². The minimum absolute atomic E-state index is 0.714. The molecular weight excluding hydrogens is 236 g/mol. The van der Waals surface area contributed by atoms with Gasteiger partial charge in [0.05, 0.1) is 6.61 Å². The van der Waals surface area contributed by atoms with Crippen molar-refractivity contribution in [2.75, 3.05) is 32.0 Å². The van der Waals surface area contributed by atoms with Crippen LogP contribution in [0.2, 0.25) is 0 Å². The Morgan fingerprint density at radius 3 is 2.58 bits per heavy atom. The van der Waals surface area contributed by atoms with E-state index in [2.05, 4.69) is 31.7 Å². The Balaban J connectivity index is 2.28. The van der Waals surface area contributed by atoms with Crippen molar-refractivity contribution < 1.29 is 4.74 Å². The Morgan fingerprint density at radius 1 is 1.21 bits per heavy atom. The molecule has 0 aromatic heterocycles. The molecule has 0 saturated carbocycles. The summed E-state index contributed by atoms with van der Waals surface area (Å²) in [5.41, 5.74) is 8.05. The number of nitrogens with two attached hydrogens (primary N) is 1. The highest BCUT2D eigenvalue weighted by atomic mass is 16.5. The predicted octanol–water partition coefficient (Wildman–Crippen LogP) is 3.15. The van der Waals surface area contributed by atoms with E-state index in [9.17, 15) is 0 Å². The Bertz CT molecular complexity index is 352. The van der Waals surface area contributed by atoms with Gasteiger partial charge in [-0.25, -0.2) is 0 Å². The van der Waals surface area contributed by atoms with Crippen LogP contribution in [0.25, 0.3) is 0 Å². The van der Waals surface area contributed by atoms with Crippen LogP contribution in [0.15, 0.2) is 24.3 Å². The van der Waals surface area contributed by atoms with Gasteiger partial charge in [0, 0.05) is 25.4 Å². The number of para-hydroxylation sites is 1. The summed E-state index contributed by atoms with van der Waals surface area (Å²) in [6.45, 7) is 11.2. The van der Waals surface area contributed by atoms with Gasteiger partial charge in [-0.05, 0) is 30.5 Å². The van der Waals surface area contributed by atoms with Crippen molar-refractivity contribution in [3.63, 3.8) is 0 Å². The molecule has 1 aromatic rings. The topological polar surface area (TPSA) is 38.5 Å². The summed E-state index contributed by atoms with van der Waals surface area (Å²) in [6, 6.07) is 8.07. The number of benzene rings is 1. The number of hydrogen-bond acceptors (Lipinski definition) is 3. The quantitative estimate of drug-likeness (QED) is 0.550. The molecule has 0 aliphatic rings. The molecule has 3 heteroatoms. The Hall–Kier alpha value is -1.06. The molecule has 0 atom stereocenters. The third-order valence-electron chi connectivity index (χ3n) is 3.29. The molecule has 0 radical (unpaired) electrons. The lowest BCUT2D eigenvalue weighted by atomic mass is 10.1. The van der Waals surface area contributed by atoms with E-state index in [0.29, 0.717) is 5.92 Å². The van der Waals surface area contributed by atoms with Gasteiger partial charge in [0.15, 0.2) is 0 Å². The smallest absolute Gasteiger partial charge is 0.0593 e. The Morgan fingerprint density at radius 2 is 1.95 bits per heavy atom. The summed E-state index contributed by atoms with van der Waals surface area (Å²) in [5.74, 6) is 0.714. The molecule has 0 unspecified atom stereocenters. The van der Waals surface area contributed by atoms with E-state index in [4.69, 9.17) is 10.5 Å². The van der Waals surface area contributed by atoms with Crippen LogP contribution in [0.1, 0.15) is 32.8 Å². The fourth-order valence-corrected chi connectivity index (χ4v) is 1.88. The summed E-state index contributed by atoms with van der Waals surface area (Å²) in [5, 5.41) is 0. The Kier molecular flexibility index (Phi) is 7.53. The number of anilines is 1. The molecule has 0 saturated heterocycles. The van der Waals surface area contributed by atoms with Crippen LogP contribution in [0, 0.1) is 5.92 Å². The van der Waals surface area contributed by atoms with E-state index in [0.717, 1.165) is 45.0 Å². The number of likely N-dealkylation sites (N-methyl/N-ethyl adjacent to an activating group) is 1. The lowest BCUT2D eigenvalue weighted by molar-refractivity contribution is 0.0956. The fraction of sp³-hybridized carbons (Fsp3) is 0.625. The summed E-state index contributed by atoms with van der Waals surface area (Å²) >= 11 is 0. The van der Waals surface area contributed by atoms with Crippen molar-refractivity contribution in [2.24, 2.45) is 5.92 Å². The molecule has 0 aliphatic carbocycles. The van der Waals surface area contributed by atoms with Crippen molar-refractivity contribution in [3.8, 4) is 0 Å². The summed E-state index contributed by atoms with van der Waals surface area (Å²) < 4.78 is 5.67. The monoisotopic (exact) mass is 264 g/mol. The first kappa shape index (κ1) is 16.0. The normalized spacial score (nSPS) is 11.4.